The number of hydrogen-bond donors (Lipinski definition) is 2. The van der Waals surface area contributed by atoms with E-state index in [4.69, 9.17) is 11.5 Å². The van der Waals surface area contributed by atoms with Crippen LogP contribution in [0.4, 0.5) is 10.1 Å². The normalized spacial score (nSPS) is 11.9. The van der Waals surface area contributed by atoms with Gasteiger partial charge in [-0.15, -0.1) is 0 Å². The van der Waals surface area contributed by atoms with Gasteiger partial charge in [-0.1, -0.05) is 0 Å². The van der Waals surface area contributed by atoms with Crippen LogP contribution in [0.5, 0.6) is 0 Å². The van der Waals surface area contributed by atoms with Crippen LogP contribution in [0.1, 0.15) is 17.3 Å². The fraction of sp³-hybridized carbons (Fsp3) is 0.200. The average Bonchev–Trinajstić information content (AvgIpc) is 2.15. The van der Waals surface area contributed by atoms with Crippen LogP contribution >= 0.6 is 0 Å². The summed E-state index contributed by atoms with van der Waals surface area (Å²) in [5, 5.41) is 0. The van der Waals surface area contributed by atoms with E-state index in [1.807, 2.05) is 0 Å². The van der Waals surface area contributed by atoms with E-state index in [1.54, 1.807) is 0 Å². The molecular formula is C10H11FN2O3. The number of carbonyl (C=O) groups is 2. The maximum Gasteiger partial charge on any atom is 0.339 e. The van der Waals surface area contributed by atoms with Gasteiger partial charge in [0.25, 0.3) is 5.91 Å². The molecule has 0 aromatic heterocycles. The third kappa shape index (κ3) is 2.94. The lowest BCUT2D eigenvalue weighted by atomic mass is 10.2. The monoisotopic (exact) mass is 226 g/mol. The average molecular weight is 226 g/mol. The van der Waals surface area contributed by atoms with Gasteiger partial charge in [0.15, 0.2) is 6.10 Å². The minimum Gasteiger partial charge on any atom is -0.449 e. The van der Waals surface area contributed by atoms with Crippen molar-refractivity contribution < 1.29 is 18.7 Å². The molecular weight excluding hydrogens is 215 g/mol. The topological polar surface area (TPSA) is 95.4 Å². The fourth-order valence-electron chi connectivity index (χ4n) is 1.02. The van der Waals surface area contributed by atoms with Crippen molar-refractivity contribution in [2.45, 2.75) is 13.0 Å². The Morgan fingerprint density at radius 2 is 2.00 bits per heavy atom. The first kappa shape index (κ1) is 12.0. The standard InChI is InChI=1S/C10H11FN2O3/c1-5(9(13)14)16-10(15)6-2-7(11)4-8(12)3-6/h2-5H,12H2,1H3,(H2,13,14). The number of esters is 1. The van der Waals surface area contributed by atoms with Crippen molar-refractivity contribution in [3.63, 3.8) is 0 Å². The molecule has 0 fully saturated rings. The molecule has 0 aliphatic rings. The zero-order valence-electron chi connectivity index (χ0n) is 8.57. The van der Waals surface area contributed by atoms with Gasteiger partial charge in [-0.05, 0) is 25.1 Å². The first-order valence-corrected chi connectivity index (χ1v) is 4.46. The maximum absolute atomic E-state index is 12.9. The van der Waals surface area contributed by atoms with Crippen molar-refractivity contribution in [1.29, 1.82) is 0 Å². The van der Waals surface area contributed by atoms with Crippen LogP contribution in [0.3, 0.4) is 0 Å². The second-order valence-corrected chi connectivity index (χ2v) is 3.22. The summed E-state index contributed by atoms with van der Waals surface area (Å²) in [6.45, 7) is 1.32. The number of carbonyl (C=O) groups excluding carboxylic acids is 2. The van der Waals surface area contributed by atoms with Gasteiger partial charge in [-0.25, -0.2) is 9.18 Å². The highest BCUT2D eigenvalue weighted by Crippen LogP contribution is 2.12. The SMILES string of the molecule is CC(OC(=O)c1cc(N)cc(F)c1)C(N)=O. The van der Waals surface area contributed by atoms with Crippen LogP contribution in [0.25, 0.3) is 0 Å². The van der Waals surface area contributed by atoms with Crippen molar-refractivity contribution in [2.75, 3.05) is 5.73 Å². The number of nitrogens with two attached hydrogens (primary N) is 2. The Balaban J connectivity index is 2.84. The summed E-state index contributed by atoms with van der Waals surface area (Å²) in [5.74, 6) is -2.28. The van der Waals surface area contributed by atoms with Gasteiger partial charge >= 0.3 is 5.97 Å². The minimum atomic E-state index is -1.07. The molecule has 0 heterocycles. The van der Waals surface area contributed by atoms with Crippen molar-refractivity contribution >= 4 is 17.6 Å². The molecule has 0 aliphatic heterocycles. The van der Waals surface area contributed by atoms with Gasteiger partial charge in [0.05, 0.1) is 5.56 Å². The van der Waals surface area contributed by atoms with Gasteiger partial charge in [-0.3, -0.25) is 4.79 Å². The van der Waals surface area contributed by atoms with E-state index < -0.39 is 23.8 Å². The number of halogens is 1. The molecule has 1 rings (SSSR count). The number of ether oxygens (including phenoxy) is 1. The summed E-state index contributed by atoms with van der Waals surface area (Å²) in [6, 6.07) is 3.28. The molecule has 1 amide bonds. The number of nitrogen functional groups attached to an aromatic ring is 1. The number of hydrogen-bond acceptors (Lipinski definition) is 4. The summed E-state index contributed by atoms with van der Waals surface area (Å²) in [5.41, 5.74) is 10.3. The zero-order chi connectivity index (χ0) is 12.3. The van der Waals surface area contributed by atoms with Crippen LogP contribution < -0.4 is 11.5 Å². The Morgan fingerprint density at radius 1 is 1.38 bits per heavy atom. The van der Waals surface area contributed by atoms with Gasteiger partial charge in [0.1, 0.15) is 5.82 Å². The van der Waals surface area contributed by atoms with Crippen molar-refractivity contribution in [1.82, 2.24) is 0 Å². The molecule has 1 aromatic rings. The lowest BCUT2D eigenvalue weighted by Gasteiger charge is -2.09. The quantitative estimate of drug-likeness (QED) is 0.577. The zero-order valence-corrected chi connectivity index (χ0v) is 8.57. The van der Waals surface area contributed by atoms with E-state index in [1.165, 1.54) is 13.0 Å². The molecule has 4 N–H and O–H groups in total. The molecule has 1 aromatic carbocycles. The molecule has 1 atom stereocenters. The molecule has 1 unspecified atom stereocenters. The fourth-order valence-corrected chi connectivity index (χ4v) is 1.02. The number of anilines is 1. The van der Waals surface area contributed by atoms with Crippen LogP contribution in [-0.4, -0.2) is 18.0 Å². The highest BCUT2D eigenvalue weighted by Gasteiger charge is 2.16. The predicted octanol–water partition coefficient (Wildman–Crippen LogP) is 0.439. The molecule has 86 valence electrons. The number of rotatable bonds is 3. The van der Waals surface area contributed by atoms with Gasteiger partial charge < -0.3 is 16.2 Å². The Kier molecular flexibility index (Phi) is 3.44. The van der Waals surface area contributed by atoms with Gasteiger partial charge in [0, 0.05) is 5.69 Å². The van der Waals surface area contributed by atoms with E-state index in [0.717, 1.165) is 12.1 Å². The van der Waals surface area contributed by atoms with E-state index >= 15 is 0 Å². The molecule has 0 saturated carbocycles. The second kappa shape index (κ2) is 4.61. The molecule has 0 saturated heterocycles. The summed E-state index contributed by atoms with van der Waals surface area (Å²) in [7, 11) is 0. The molecule has 16 heavy (non-hydrogen) atoms. The summed E-state index contributed by atoms with van der Waals surface area (Å²) < 4.78 is 17.6. The van der Waals surface area contributed by atoms with E-state index in [-0.39, 0.29) is 11.3 Å². The molecule has 0 radical (unpaired) electrons. The maximum atomic E-state index is 12.9. The van der Waals surface area contributed by atoms with E-state index in [0.29, 0.717) is 0 Å². The lowest BCUT2D eigenvalue weighted by molar-refractivity contribution is -0.125. The number of primary amides is 1. The second-order valence-electron chi connectivity index (χ2n) is 3.22. The lowest BCUT2D eigenvalue weighted by Crippen LogP contribution is -2.30. The van der Waals surface area contributed by atoms with E-state index in [9.17, 15) is 14.0 Å². The van der Waals surface area contributed by atoms with Gasteiger partial charge in [-0.2, -0.15) is 0 Å². The third-order valence-electron chi connectivity index (χ3n) is 1.84. The minimum absolute atomic E-state index is 0.0643. The highest BCUT2D eigenvalue weighted by molar-refractivity contribution is 5.92. The summed E-state index contributed by atoms with van der Waals surface area (Å²) in [4.78, 5) is 22.1. The number of amides is 1. The molecule has 6 heteroatoms. The Bertz CT molecular complexity index is 414. The Morgan fingerprint density at radius 3 is 2.50 bits per heavy atom. The van der Waals surface area contributed by atoms with Crippen LogP contribution in [0, 0.1) is 5.82 Å². The van der Waals surface area contributed by atoms with Crippen molar-refractivity contribution in [3.05, 3.63) is 29.6 Å². The van der Waals surface area contributed by atoms with Crippen molar-refractivity contribution in [2.24, 2.45) is 5.73 Å². The summed E-state index contributed by atoms with van der Waals surface area (Å²) >= 11 is 0. The van der Waals surface area contributed by atoms with Crippen LogP contribution in [0.2, 0.25) is 0 Å². The number of benzene rings is 1. The van der Waals surface area contributed by atoms with Crippen molar-refractivity contribution in [3.8, 4) is 0 Å². The predicted molar refractivity (Wildman–Crippen MR) is 54.9 cm³/mol. The molecule has 0 aliphatic carbocycles. The smallest absolute Gasteiger partial charge is 0.339 e. The van der Waals surface area contributed by atoms with Crippen LogP contribution in [0.15, 0.2) is 18.2 Å². The molecule has 0 bridgehead atoms. The first-order valence-electron chi connectivity index (χ1n) is 4.46. The third-order valence-corrected chi connectivity index (χ3v) is 1.84. The van der Waals surface area contributed by atoms with Crippen LogP contribution in [-0.2, 0) is 9.53 Å². The Labute approximate surface area is 91.2 Å². The summed E-state index contributed by atoms with van der Waals surface area (Å²) in [6.07, 6.45) is -1.07. The highest BCUT2D eigenvalue weighted by atomic mass is 19.1. The largest absolute Gasteiger partial charge is 0.449 e. The van der Waals surface area contributed by atoms with E-state index in [2.05, 4.69) is 4.74 Å². The van der Waals surface area contributed by atoms with Gasteiger partial charge in [0.2, 0.25) is 0 Å². The Hall–Kier alpha value is -2.11. The first-order chi connectivity index (χ1) is 7.40. The molecule has 5 nitrogen and oxygen atoms in total. The molecule has 0 spiro atoms.